The zero-order valence-corrected chi connectivity index (χ0v) is 16.8. The topological polar surface area (TPSA) is 66.5 Å². The van der Waals surface area contributed by atoms with Crippen molar-refractivity contribution in [2.24, 2.45) is 0 Å². The van der Waals surface area contributed by atoms with Crippen molar-refractivity contribution in [1.82, 2.24) is 4.31 Å². The Balaban J connectivity index is 2.15. The first-order valence-electron chi connectivity index (χ1n) is 7.05. The average molecular weight is 476 g/mol. The zero-order chi connectivity index (χ0) is 17.7. The molecule has 2 rings (SSSR count). The summed E-state index contributed by atoms with van der Waals surface area (Å²) < 4.78 is 27.6. The predicted octanol–water partition coefficient (Wildman–Crippen LogP) is 3.48. The SMILES string of the molecule is C=CCN(CC(=O)Nc1ccc(I)cc1C)S(=O)(=O)c1cccs1. The number of carbonyl (C=O) groups excluding carboxylic acids is 1. The normalized spacial score (nSPS) is 11.5. The maximum Gasteiger partial charge on any atom is 0.253 e. The molecule has 0 fully saturated rings. The second-order valence-electron chi connectivity index (χ2n) is 5.03. The van der Waals surface area contributed by atoms with Crippen LogP contribution in [0.3, 0.4) is 0 Å². The summed E-state index contributed by atoms with van der Waals surface area (Å²) in [5, 5.41) is 4.45. The van der Waals surface area contributed by atoms with E-state index < -0.39 is 10.0 Å². The number of thiophene rings is 1. The Morgan fingerprint density at radius 3 is 2.75 bits per heavy atom. The average Bonchev–Trinajstić information content (AvgIpc) is 3.05. The fourth-order valence-electron chi connectivity index (χ4n) is 2.05. The molecule has 5 nitrogen and oxygen atoms in total. The molecule has 0 bridgehead atoms. The van der Waals surface area contributed by atoms with Crippen molar-refractivity contribution in [3.8, 4) is 0 Å². The van der Waals surface area contributed by atoms with Gasteiger partial charge in [-0.3, -0.25) is 4.79 Å². The molecule has 1 aromatic carbocycles. The van der Waals surface area contributed by atoms with Gasteiger partial charge in [-0.15, -0.1) is 17.9 Å². The number of rotatable bonds is 7. The second-order valence-corrected chi connectivity index (χ2v) is 9.38. The van der Waals surface area contributed by atoms with Crippen LogP contribution in [0.5, 0.6) is 0 Å². The minimum absolute atomic E-state index is 0.0688. The third-order valence-corrected chi connectivity index (χ3v) is 7.06. The molecule has 0 aliphatic heterocycles. The van der Waals surface area contributed by atoms with E-state index >= 15 is 0 Å². The number of hydrogen-bond donors (Lipinski definition) is 1. The van der Waals surface area contributed by atoms with Gasteiger partial charge in [-0.05, 0) is 64.7 Å². The van der Waals surface area contributed by atoms with Crippen LogP contribution in [0.25, 0.3) is 0 Å². The van der Waals surface area contributed by atoms with E-state index in [2.05, 4.69) is 34.5 Å². The van der Waals surface area contributed by atoms with Crippen molar-refractivity contribution < 1.29 is 13.2 Å². The van der Waals surface area contributed by atoms with Crippen LogP contribution in [0.15, 0.2) is 52.6 Å². The molecule has 0 saturated carbocycles. The lowest BCUT2D eigenvalue weighted by Crippen LogP contribution is -2.37. The number of benzene rings is 1. The van der Waals surface area contributed by atoms with Crippen molar-refractivity contribution >= 4 is 55.5 Å². The molecule has 1 heterocycles. The molecule has 8 heteroatoms. The number of halogens is 1. The summed E-state index contributed by atoms with van der Waals surface area (Å²) in [7, 11) is -3.71. The van der Waals surface area contributed by atoms with Gasteiger partial charge in [0.05, 0.1) is 6.54 Å². The number of nitrogens with one attached hydrogen (secondary N) is 1. The maximum atomic E-state index is 12.6. The molecule has 1 aromatic heterocycles. The van der Waals surface area contributed by atoms with Crippen LogP contribution in [-0.4, -0.2) is 31.7 Å². The highest BCUT2D eigenvalue weighted by atomic mass is 127. The van der Waals surface area contributed by atoms with Gasteiger partial charge in [-0.2, -0.15) is 4.31 Å². The molecule has 0 radical (unpaired) electrons. The Morgan fingerprint density at radius 2 is 2.17 bits per heavy atom. The van der Waals surface area contributed by atoms with Crippen LogP contribution in [0, 0.1) is 10.5 Å². The maximum absolute atomic E-state index is 12.6. The quantitative estimate of drug-likeness (QED) is 0.492. The van der Waals surface area contributed by atoms with E-state index in [1.807, 2.05) is 19.1 Å². The summed E-state index contributed by atoms with van der Waals surface area (Å²) in [5.41, 5.74) is 1.60. The summed E-state index contributed by atoms with van der Waals surface area (Å²) >= 11 is 3.32. The standard InChI is InChI=1S/C16H17IN2O3S2/c1-3-8-19(24(21,22)16-5-4-9-23-16)11-15(20)18-14-7-6-13(17)10-12(14)2/h3-7,9-10H,1,8,11H2,2H3,(H,18,20). The molecule has 1 N–H and O–H groups in total. The van der Waals surface area contributed by atoms with Crippen molar-refractivity contribution in [3.63, 3.8) is 0 Å². The van der Waals surface area contributed by atoms with Gasteiger partial charge in [0.25, 0.3) is 10.0 Å². The fraction of sp³-hybridized carbons (Fsp3) is 0.188. The monoisotopic (exact) mass is 476 g/mol. The number of anilines is 1. The Hall–Kier alpha value is -1.23. The molecule has 128 valence electrons. The van der Waals surface area contributed by atoms with E-state index in [-0.39, 0.29) is 23.2 Å². The number of hydrogen-bond acceptors (Lipinski definition) is 4. The van der Waals surface area contributed by atoms with Crippen LogP contribution < -0.4 is 5.32 Å². The third-order valence-electron chi connectivity index (χ3n) is 3.20. The van der Waals surface area contributed by atoms with Gasteiger partial charge in [0.2, 0.25) is 5.91 Å². The molecule has 24 heavy (non-hydrogen) atoms. The molecule has 0 spiro atoms. The molecule has 2 aromatic rings. The number of amides is 1. The molecular formula is C16H17IN2O3S2. The molecule has 0 aliphatic rings. The minimum Gasteiger partial charge on any atom is -0.325 e. The Bertz CT molecular complexity index is 833. The highest BCUT2D eigenvalue weighted by Gasteiger charge is 2.26. The molecule has 0 aliphatic carbocycles. The lowest BCUT2D eigenvalue weighted by atomic mass is 10.2. The first-order valence-corrected chi connectivity index (χ1v) is 10.4. The summed E-state index contributed by atoms with van der Waals surface area (Å²) in [5.74, 6) is -0.388. The van der Waals surface area contributed by atoms with Gasteiger partial charge in [0.15, 0.2) is 0 Å². The zero-order valence-electron chi connectivity index (χ0n) is 13.0. The van der Waals surface area contributed by atoms with Crippen LogP contribution in [-0.2, 0) is 14.8 Å². The molecule has 0 saturated heterocycles. The van der Waals surface area contributed by atoms with Gasteiger partial charge < -0.3 is 5.32 Å². The predicted molar refractivity (Wildman–Crippen MR) is 106 cm³/mol. The third kappa shape index (κ3) is 4.65. The van der Waals surface area contributed by atoms with Crippen molar-refractivity contribution in [2.75, 3.05) is 18.4 Å². The summed E-state index contributed by atoms with van der Waals surface area (Å²) in [6, 6.07) is 8.82. The largest absolute Gasteiger partial charge is 0.325 e. The van der Waals surface area contributed by atoms with E-state index in [0.29, 0.717) is 5.69 Å². The second kappa shape index (κ2) is 8.24. The van der Waals surface area contributed by atoms with E-state index in [0.717, 1.165) is 24.8 Å². The number of nitrogens with zero attached hydrogens (tertiary/aromatic N) is 1. The fourth-order valence-corrected chi connectivity index (χ4v) is 5.20. The summed E-state index contributed by atoms with van der Waals surface area (Å²) in [6.07, 6.45) is 1.47. The number of sulfonamides is 1. The van der Waals surface area contributed by atoms with Gasteiger partial charge in [-0.1, -0.05) is 12.1 Å². The van der Waals surface area contributed by atoms with E-state index in [9.17, 15) is 13.2 Å². The Morgan fingerprint density at radius 1 is 1.42 bits per heavy atom. The molecule has 0 atom stereocenters. The highest BCUT2D eigenvalue weighted by molar-refractivity contribution is 14.1. The molecule has 1 amide bonds. The van der Waals surface area contributed by atoms with Gasteiger partial charge >= 0.3 is 0 Å². The number of carbonyl (C=O) groups is 1. The van der Waals surface area contributed by atoms with Gasteiger partial charge in [0, 0.05) is 15.8 Å². The van der Waals surface area contributed by atoms with E-state index in [1.165, 1.54) is 12.1 Å². The van der Waals surface area contributed by atoms with Crippen LogP contribution >= 0.6 is 33.9 Å². The van der Waals surface area contributed by atoms with Crippen LogP contribution in [0.4, 0.5) is 5.69 Å². The molecular weight excluding hydrogens is 459 g/mol. The lowest BCUT2D eigenvalue weighted by molar-refractivity contribution is -0.116. The lowest BCUT2D eigenvalue weighted by Gasteiger charge is -2.19. The summed E-state index contributed by atoms with van der Waals surface area (Å²) in [6.45, 7) is 5.27. The Labute approximate surface area is 159 Å². The first-order chi connectivity index (χ1) is 11.3. The molecule has 0 unspecified atom stereocenters. The first kappa shape index (κ1) is 19.1. The van der Waals surface area contributed by atoms with E-state index in [4.69, 9.17) is 0 Å². The number of aryl methyl sites for hydroxylation is 1. The van der Waals surface area contributed by atoms with Crippen molar-refractivity contribution in [1.29, 1.82) is 0 Å². The smallest absolute Gasteiger partial charge is 0.253 e. The van der Waals surface area contributed by atoms with Crippen molar-refractivity contribution in [3.05, 3.63) is 57.5 Å². The summed E-state index contributed by atoms with van der Waals surface area (Å²) in [4.78, 5) is 12.3. The van der Waals surface area contributed by atoms with E-state index in [1.54, 1.807) is 17.5 Å². The van der Waals surface area contributed by atoms with Gasteiger partial charge in [0.1, 0.15) is 4.21 Å². The highest BCUT2D eigenvalue weighted by Crippen LogP contribution is 2.21. The van der Waals surface area contributed by atoms with Crippen molar-refractivity contribution in [2.45, 2.75) is 11.1 Å². The van der Waals surface area contributed by atoms with Crippen LogP contribution in [0.2, 0.25) is 0 Å². The Kier molecular flexibility index (Phi) is 6.55. The minimum atomic E-state index is -3.71. The van der Waals surface area contributed by atoms with Gasteiger partial charge in [-0.25, -0.2) is 8.42 Å². The van der Waals surface area contributed by atoms with Crippen LogP contribution in [0.1, 0.15) is 5.56 Å².